The minimum Gasteiger partial charge on any atom is -0.448 e. The number of unbranched alkanes of at least 4 members (excludes halogenated alkanes) is 2. The van der Waals surface area contributed by atoms with Crippen LogP contribution in [-0.4, -0.2) is 139 Å². The smallest absolute Gasteiger partial charge is 0.348 e. The van der Waals surface area contributed by atoms with Gasteiger partial charge in [0.05, 0.1) is 0 Å². The summed E-state index contributed by atoms with van der Waals surface area (Å²) in [5, 5.41) is 72.4. The second kappa shape index (κ2) is 16.3. The Morgan fingerprint density at radius 1 is 0.559 bits per heavy atom. The number of hydrogen-bond donors (Lipinski definition) is 8. The molecule has 1 heterocycles. The van der Waals surface area contributed by atoms with Gasteiger partial charge < -0.3 is 50.3 Å². The van der Waals surface area contributed by atoms with E-state index in [0.717, 1.165) is 0 Å². The first-order valence-corrected chi connectivity index (χ1v) is 11.3. The summed E-state index contributed by atoms with van der Waals surface area (Å²) in [6, 6.07) is 0. The van der Waals surface area contributed by atoms with Gasteiger partial charge in [0.25, 0.3) is 0 Å². The monoisotopic (exact) mass is 498 g/mol. The number of nitrogens with zero attached hydrogens (tertiary/aromatic N) is 2. The van der Waals surface area contributed by atoms with Gasteiger partial charge in [0.2, 0.25) is 0 Å². The highest BCUT2D eigenvalue weighted by Gasteiger charge is 2.37. The van der Waals surface area contributed by atoms with Crippen molar-refractivity contribution >= 4 is 11.9 Å². The van der Waals surface area contributed by atoms with Crippen molar-refractivity contribution in [1.29, 1.82) is 0 Å². The molecule has 2 unspecified atom stereocenters. The molecule has 0 aromatic carbocycles. The van der Waals surface area contributed by atoms with Crippen molar-refractivity contribution in [3.63, 3.8) is 0 Å². The van der Waals surface area contributed by atoms with Crippen molar-refractivity contribution in [3.8, 4) is 0 Å². The van der Waals surface area contributed by atoms with E-state index >= 15 is 0 Å². The van der Waals surface area contributed by atoms with Crippen molar-refractivity contribution < 1.29 is 59.9 Å². The maximum atomic E-state index is 12.2. The molecule has 14 nitrogen and oxygen atoms in total. The SMILES string of the molecule is O=C1OC(CCCCN(CC(O)O)CC(O)O)C(=O)OC1CCCCN(CC(O)O)CC(O)O. The maximum absolute atomic E-state index is 12.2. The highest BCUT2D eigenvalue weighted by molar-refractivity contribution is 5.87. The van der Waals surface area contributed by atoms with Crippen LogP contribution in [0.25, 0.3) is 0 Å². The minimum absolute atomic E-state index is 0.168. The largest absolute Gasteiger partial charge is 0.448 e. The highest BCUT2D eigenvalue weighted by atomic mass is 16.6. The Balaban J connectivity index is 2.34. The second-order valence-electron chi connectivity index (χ2n) is 8.28. The first-order chi connectivity index (χ1) is 16.0. The van der Waals surface area contributed by atoms with Crippen LogP contribution < -0.4 is 0 Å². The van der Waals surface area contributed by atoms with E-state index in [2.05, 4.69) is 0 Å². The highest BCUT2D eigenvalue weighted by Crippen LogP contribution is 2.19. The van der Waals surface area contributed by atoms with E-state index < -0.39 is 49.3 Å². The summed E-state index contributed by atoms with van der Waals surface area (Å²) in [6.45, 7) is -0.0505. The first-order valence-electron chi connectivity index (χ1n) is 11.3. The predicted octanol–water partition coefficient (Wildman–Crippen LogP) is -3.99. The van der Waals surface area contributed by atoms with Crippen LogP contribution in [-0.2, 0) is 19.1 Å². The number of carbonyl (C=O) groups excluding carboxylic acids is 2. The standard InChI is InChI=1S/C20H38N2O12/c23-15(24)9-21(10-16(25)26)7-3-1-5-13-19(31)34-14(20(32)33-13)6-2-4-8-22(11-17(27)28)12-18(29)30/h13-18,23-30H,1-12H2. The molecule has 1 aliphatic rings. The Morgan fingerprint density at radius 2 is 0.853 bits per heavy atom. The zero-order valence-electron chi connectivity index (χ0n) is 19.1. The molecule has 0 spiro atoms. The molecule has 34 heavy (non-hydrogen) atoms. The van der Waals surface area contributed by atoms with E-state index in [-0.39, 0.29) is 39.0 Å². The number of aliphatic hydroxyl groups is 8. The average Bonchev–Trinajstić information content (AvgIpc) is 2.69. The van der Waals surface area contributed by atoms with Crippen molar-refractivity contribution in [1.82, 2.24) is 9.80 Å². The van der Waals surface area contributed by atoms with E-state index in [1.54, 1.807) is 0 Å². The Kier molecular flexibility index (Phi) is 14.6. The molecule has 1 rings (SSSR count). The van der Waals surface area contributed by atoms with Gasteiger partial charge in [0, 0.05) is 26.2 Å². The van der Waals surface area contributed by atoms with E-state index in [1.165, 1.54) is 9.80 Å². The molecule has 2 atom stereocenters. The van der Waals surface area contributed by atoms with Crippen molar-refractivity contribution in [2.75, 3.05) is 39.3 Å². The number of aliphatic hydroxyl groups excluding tert-OH is 4. The summed E-state index contributed by atoms with van der Waals surface area (Å²) in [5.41, 5.74) is 0. The molecule has 14 heteroatoms. The van der Waals surface area contributed by atoms with Crippen LogP contribution in [0.5, 0.6) is 0 Å². The van der Waals surface area contributed by atoms with Gasteiger partial charge in [-0.3, -0.25) is 9.80 Å². The van der Waals surface area contributed by atoms with Gasteiger partial charge in [0.1, 0.15) is 0 Å². The van der Waals surface area contributed by atoms with Crippen LogP contribution >= 0.6 is 0 Å². The summed E-state index contributed by atoms with van der Waals surface area (Å²) < 4.78 is 10.4. The van der Waals surface area contributed by atoms with Gasteiger partial charge in [-0.1, -0.05) is 0 Å². The molecule has 0 aromatic heterocycles. The summed E-state index contributed by atoms with van der Waals surface area (Å²) in [4.78, 5) is 27.3. The molecular formula is C20H38N2O12. The van der Waals surface area contributed by atoms with Crippen LogP contribution in [0.2, 0.25) is 0 Å². The molecule has 0 bridgehead atoms. The zero-order chi connectivity index (χ0) is 25.7. The molecular weight excluding hydrogens is 460 g/mol. The van der Waals surface area contributed by atoms with E-state index in [1.807, 2.05) is 0 Å². The van der Waals surface area contributed by atoms with E-state index in [9.17, 15) is 9.59 Å². The number of esters is 2. The fourth-order valence-corrected chi connectivity index (χ4v) is 3.65. The maximum Gasteiger partial charge on any atom is 0.348 e. The third-order valence-electron chi connectivity index (χ3n) is 5.11. The molecule has 200 valence electrons. The molecule has 1 aliphatic heterocycles. The number of cyclic esters (lactones) is 2. The topological polar surface area (TPSA) is 221 Å². The lowest BCUT2D eigenvalue weighted by Gasteiger charge is -2.28. The lowest BCUT2D eigenvalue weighted by molar-refractivity contribution is -0.196. The second-order valence-corrected chi connectivity index (χ2v) is 8.28. The van der Waals surface area contributed by atoms with Crippen LogP contribution in [0.4, 0.5) is 0 Å². The van der Waals surface area contributed by atoms with Crippen LogP contribution in [0.15, 0.2) is 0 Å². The lowest BCUT2D eigenvalue weighted by Crippen LogP contribution is -2.44. The van der Waals surface area contributed by atoms with E-state index in [0.29, 0.717) is 38.8 Å². The molecule has 0 amide bonds. The predicted molar refractivity (Wildman–Crippen MR) is 113 cm³/mol. The number of carbonyl (C=O) groups is 2. The Bertz CT molecular complexity index is 520. The minimum atomic E-state index is -1.63. The normalized spacial score (nSPS) is 19.2. The number of hydrogen-bond acceptors (Lipinski definition) is 14. The summed E-state index contributed by atoms with van der Waals surface area (Å²) in [6.07, 6.45) is -6.35. The molecule has 0 aliphatic carbocycles. The first kappa shape index (κ1) is 30.6. The summed E-state index contributed by atoms with van der Waals surface area (Å²) in [5.74, 6) is -1.32. The summed E-state index contributed by atoms with van der Waals surface area (Å²) >= 11 is 0. The molecule has 0 radical (unpaired) electrons. The molecule has 8 N–H and O–H groups in total. The van der Waals surface area contributed by atoms with Crippen molar-refractivity contribution in [2.24, 2.45) is 0 Å². The van der Waals surface area contributed by atoms with Gasteiger partial charge in [-0.15, -0.1) is 0 Å². The van der Waals surface area contributed by atoms with Gasteiger partial charge in [-0.25, -0.2) is 9.59 Å². The van der Waals surface area contributed by atoms with Crippen LogP contribution in [0, 0.1) is 0 Å². The number of rotatable bonds is 18. The van der Waals surface area contributed by atoms with Crippen molar-refractivity contribution in [2.45, 2.75) is 75.9 Å². The zero-order valence-corrected chi connectivity index (χ0v) is 19.1. The van der Waals surface area contributed by atoms with Gasteiger partial charge in [0.15, 0.2) is 37.4 Å². The molecule has 0 aromatic rings. The average molecular weight is 499 g/mol. The summed E-state index contributed by atoms with van der Waals surface area (Å²) in [7, 11) is 0. The fourth-order valence-electron chi connectivity index (χ4n) is 3.65. The van der Waals surface area contributed by atoms with Crippen molar-refractivity contribution in [3.05, 3.63) is 0 Å². The Hall–Kier alpha value is -1.46. The van der Waals surface area contributed by atoms with Crippen LogP contribution in [0.3, 0.4) is 0 Å². The lowest BCUT2D eigenvalue weighted by atomic mass is 10.1. The van der Waals surface area contributed by atoms with Gasteiger partial charge >= 0.3 is 11.9 Å². The fraction of sp³-hybridized carbons (Fsp3) is 0.900. The van der Waals surface area contributed by atoms with Crippen LogP contribution in [0.1, 0.15) is 38.5 Å². The van der Waals surface area contributed by atoms with Gasteiger partial charge in [-0.2, -0.15) is 0 Å². The Labute approximate surface area is 197 Å². The Morgan fingerprint density at radius 3 is 1.12 bits per heavy atom. The molecule has 1 fully saturated rings. The quantitative estimate of drug-likeness (QED) is 0.0513. The molecule has 1 saturated heterocycles. The van der Waals surface area contributed by atoms with E-state index in [4.69, 9.17) is 50.3 Å². The molecule has 0 saturated carbocycles. The third-order valence-corrected chi connectivity index (χ3v) is 5.11. The number of ether oxygens (including phenoxy) is 2. The third kappa shape index (κ3) is 13.4. The van der Waals surface area contributed by atoms with Gasteiger partial charge in [-0.05, 0) is 51.6 Å².